The maximum Gasteiger partial charge on any atom is 0.308 e. The van der Waals surface area contributed by atoms with Gasteiger partial charge in [0.1, 0.15) is 11.5 Å². The van der Waals surface area contributed by atoms with Crippen LogP contribution in [-0.4, -0.2) is 40.9 Å². The third-order valence-corrected chi connectivity index (χ3v) is 5.32. The predicted molar refractivity (Wildman–Crippen MR) is 131 cm³/mol. The van der Waals surface area contributed by atoms with Crippen LogP contribution in [0.3, 0.4) is 0 Å². The second kappa shape index (κ2) is 9.66. The van der Waals surface area contributed by atoms with Crippen LogP contribution in [0.2, 0.25) is 0 Å². The summed E-state index contributed by atoms with van der Waals surface area (Å²) in [4.78, 5) is 39.2. The fourth-order valence-electron chi connectivity index (χ4n) is 3.52. The van der Waals surface area contributed by atoms with Crippen LogP contribution in [0, 0.1) is 0 Å². The van der Waals surface area contributed by atoms with Gasteiger partial charge in [-0.15, -0.1) is 0 Å². The van der Waals surface area contributed by atoms with E-state index in [0.717, 1.165) is 16.5 Å². The number of benzene rings is 2. The van der Waals surface area contributed by atoms with Gasteiger partial charge in [0.15, 0.2) is 11.6 Å². The Hall–Kier alpha value is -4.33. The third kappa shape index (κ3) is 5.01. The van der Waals surface area contributed by atoms with Crippen molar-refractivity contribution in [3.05, 3.63) is 83.9 Å². The minimum absolute atomic E-state index is 0.114. The van der Waals surface area contributed by atoms with Crippen molar-refractivity contribution in [2.24, 2.45) is 0 Å². The lowest BCUT2D eigenvalue weighted by atomic mass is 10.00. The number of ether oxygens (including phenoxy) is 1. The number of anilines is 2. The largest absolute Gasteiger partial charge is 0.421 e. The molecule has 0 saturated heterocycles. The molecule has 2 heterocycles. The standard InChI is InChI=1S/C26H25N5O3/c1-16(24-27-15-23(34-17(2)32)25(30-24)31(3)4)18-9-12-20(13-10-18)28-26(33)22-14-11-19-7-5-6-8-21(19)29-22/h5-16H,1-4H3,(H,28,33). The molecule has 0 aliphatic rings. The zero-order chi connectivity index (χ0) is 24.2. The van der Waals surface area contributed by atoms with Gasteiger partial charge in [-0.3, -0.25) is 9.59 Å². The molecule has 1 unspecified atom stereocenters. The monoisotopic (exact) mass is 455 g/mol. The van der Waals surface area contributed by atoms with Crippen molar-refractivity contribution in [3.8, 4) is 5.75 Å². The lowest BCUT2D eigenvalue weighted by molar-refractivity contribution is -0.131. The summed E-state index contributed by atoms with van der Waals surface area (Å²) >= 11 is 0. The molecule has 0 fully saturated rings. The van der Waals surface area contributed by atoms with Crippen LogP contribution < -0.4 is 15.0 Å². The maximum absolute atomic E-state index is 12.7. The van der Waals surface area contributed by atoms with Crippen LogP contribution >= 0.6 is 0 Å². The molecule has 0 spiro atoms. The average molecular weight is 456 g/mol. The number of nitrogens with zero attached hydrogens (tertiary/aromatic N) is 4. The van der Waals surface area contributed by atoms with Crippen molar-refractivity contribution in [3.63, 3.8) is 0 Å². The molecule has 8 heteroatoms. The first-order valence-electron chi connectivity index (χ1n) is 10.8. The Labute approximate surface area is 197 Å². The molecule has 0 saturated carbocycles. The van der Waals surface area contributed by atoms with Gasteiger partial charge in [0.2, 0.25) is 0 Å². The Morgan fingerprint density at radius 2 is 1.71 bits per heavy atom. The number of amides is 1. The second-order valence-electron chi connectivity index (χ2n) is 8.09. The van der Waals surface area contributed by atoms with Crippen LogP contribution in [0.5, 0.6) is 5.75 Å². The van der Waals surface area contributed by atoms with Gasteiger partial charge >= 0.3 is 5.97 Å². The van der Waals surface area contributed by atoms with E-state index in [1.807, 2.05) is 75.6 Å². The number of rotatable bonds is 6. The van der Waals surface area contributed by atoms with Crippen LogP contribution in [0.4, 0.5) is 11.5 Å². The molecule has 34 heavy (non-hydrogen) atoms. The normalized spacial score (nSPS) is 11.6. The number of hydrogen-bond donors (Lipinski definition) is 1. The van der Waals surface area contributed by atoms with Gasteiger partial charge in [-0.1, -0.05) is 43.3 Å². The van der Waals surface area contributed by atoms with Crippen molar-refractivity contribution < 1.29 is 14.3 Å². The van der Waals surface area contributed by atoms with Crippen LogP contribution in [0.15, 0.2) is 66.9 Å². The topological polar surface area (TPSA) is 97.3 Å². The smallest absolute Gasteiger partial charge is 0.308 e. The van der Waals surface area contributed by atoms with E-state index >= 15 is 0 Å². The molecule has 8 nitrogen and oxygen atoms in total. The van der Waals surface area contributed by atoms with Crippen molar-refractivity contribution in [1.82, 2.24) is 15.0 Å². The molecule has 0 aliphatic carbocycles. The molecule has 0 aliphatic heterocycles. The molecule has 4 aromatic rings. The number of fused-ring (bicyclic) bond motifs is 1. The number of carbonyl (C=O) groups is 2. The molecule has 1 atom stereocenters. The summed E-state index contributed by atoms with van der Waals surface area (Å²) in [5.41, 5.74) is 2.77. The molecule has 172 valence electrons. The van der Waals surface area contributed by atoms with Crippen LogP contribution in [-0.2, 0) is 4.79 Å². The Balaban J connectivity index is 1.50. The summed E-state index contributed by atoms with van der Waals surface area (Å²) in [6.45, 7) is 3.33. The predicted octanol–water partition coefficient (Wildman–Crippen LogP) is 4.42. The number of aromatic nitrogens is 3. The fourth-order valence-corrected chi connectivity index (χ4v) is 3.52. The van der Waals surface area contributed by atoms with Crippen molar-refractivity contribution in [2.75, 3.05) is 24.3 Å². The Bertz CT molecular complexity index is 1350. The number of carbonyl (C=O) groups excluding carboxylic acids is 2. The van der Waals surface area contributed by atoms with Gasteiger partial charge < -0.3 is 15.0 Å². The maximum atomic E-state index is 12.7. The van der Waals surface area contributed by atoms with E-state index in [2.05, 4.69) is 20.3 Å². The second-order valence-corrected chi connectivity index (χ2v) is 8.09. The molecule has 2 aromatic heterocycles. The lowest BCUT2D eigenvalue weighted by Gasteiger charge is -2.18. The van der Waals surface area contributed by atoms with Gasteiger partial charge in [-0.2, -0.15) is 0 Å². The highest BCUT2D eigenvalue weighted by atomic mass is 16.5. The van der Waals surface area contributed by atoms with Gasteiger partial charge in [-0.25, -0.2) is 15.0 Å². The van der Waals surface area contributed by atoms with E-state index in [1.54, 1.807) is 11.0 Å². The minimum Gasteiger partial charge on any atom is -0.421 e. The first-order valence-corrected chi connectivity index (χ1v) is 10.8. The Morgan fingerprint density at radius 1 is 0.971 bits per heavy atom. The lowest BCUT2D eigenvalue weighted by Crippen LogP contribution is -2.16. The average Bonchev–Trinajstić information content (AvgIpc) is 2.83. The number of nitrogens with one attached hydrogen (secondary N) is 1. The summed E-state index contributed by atoms with van der Waals surface area (Å²) < 4.78 is 5.21. The highest BCUT2D eigenvalue weighted by Gasteiger charge is 2.18. The fraction of sp³-hybridized carbons (Fsp3) is 0.192. The summed E-state index contributed by atoms with van der Waals surface area (Å²) in [6, 6.07) is 18.8. The summed E-state index contributed by atoms with van der Waals surface area (Å²) in [5.74, 6) is 0.622. The van der Waals surface area contributed by atoms with E-state index in [-0.39, 0.29) is 11.8 Å². The number of pyridine rings is 1. The molecule has 0 bridgehead atoms. The van der Waals surface area contributed by atoms with Crippen molar-refractivity contribution >= 4 is 34.3 Å². The van der Waals surface area contributed by atoms with E-state index in [1.165, 1.54) is 13.1 Å². The van der Waals surface area contributed by atoms with Crippen LogP contribution in [0.1, 0.15) is 41.6 Å². The third-order valence-electron chi connectivity index (χ3n) is 5.32. The summed E-state index contributed by atoms with van der Waals surface area (Å²) in [5, 5.41) is 3.87. The first kappa shape index (κ1) is 22.8. The Morgan fingerprint density at radius 3 is 2.41 bits per heavy atom. The van der Waals surface area contributed by atoms with Gasteiger partial charge in [0.25, 0.3) is 5.91 Å². The zero-order valence-corrected chi connectivity index (χ0v) is 19.4. The molecule has 1 amide bonds. The summed E-state index contributed by atoms with van der Waals surface area (Å²) in [7, 11) is 3.65. The number of esters is 1. The summed E-state index contributed by atoms with van der Waals surface area (Å²) in [6.07, 6.45) is 1.51. The van der Waals surface area contributed by atoms with Crippen LogP contribution in [0.25, 0.3) is 10.9 Å². The van der Waals surface area contributed by atoms with E-state index < -0.39 is 5.97 Å². The minimum atomic E-state index is -0.427. The quantitative estimate of drug-likeness (QED) is 0.430. The highest BCUT2D eigenvalue weighted by molar-refractivity contribution is 6.04. The molecule has 1 N–H and O–H groups in total. The number of hydrogen-bond acceptors (Lipinski definition) is 7. The molecular weight excluding hydrogens is 430 g/mol. The van der Waals surface area contributed by atoms with E-state index in [4.69, 9.17) is 4.74 Å². The van der Waals surface area contributed by atoms with E-state index in [0.29, 0.717) is 28.8 Å². The van der Waals surface area contributed by atoms with E-state index in [9.17, 15) is 9.59 Å². The molecular formula is C26H25N5O3. The van der Waals surface area contributed by atoms with Gasteiger partial charge in [0, 0.05) is 38.0 Å². The van der Waals surface area contributed by atoms with Crippen molar-refractivity contribution in [1.29, 1.82) is 0 Å². The Kier molecular flexibility index (Phi) is 6.49. The first-order chi connectivity index (χ1) is 16.3. The van der Waals surface area contributed by atoms with Crippen molar-refractivity contribution in [2.45, 2.75) is 19.8 Å². The molecule has 2 aromatic carbocycles. The molecule has 0 radical (unpaired) electrons. The molecule has 4 rings (SSSR count). The number of para-hydroxylation sites is 1. The highest BCUT2D eigenvalue weighted by Crippen LogP contribution is 2.29. The zero-order valence-electron chi connectivity index (χ0n) is 19.4. The SMILES string of the molecule is CC(=O)Oc1cnc(C(C)c2ccc(NC(=O)c3ccc4ccccc4n3)cc2)nc1N(C)C. The van der Waals surface area contributed by atoms with Gasteiger partial charge in [0.05, 0.1) is 11.7 Å². The van der Waals surface area contributed by atoms with Gasteiger partial charge in [-0.05, 0) is 29.8 Å².